The van der Waals surface area contributed by atoms with Crippen molar-refractivity contribution in [3.63, 3.8) is 0 Å². The molecule has 0 radical (unpaired) electrons. The summed E-state index contributed by atoms with van der Waals surface area (Å²) >= 11 is 5.75. The van der Waals surface area contributed by atoms with Crippen molar-refractivity contribution in [1.82, 2.24) is 0 Å². The predicted molar refractivity (Wildman–Crippen MR) is 123 cm³/mol. The normalized spacial score (nSPS) is 14.1. The van der Waals surface area contributed by atoms with Crippen molar-refractivity contribution in [1.29, 1.82) is 0 Å². The molecule has 0 aliphatic carbocycles. The van der Waals surface area contributed by atoms with Crippen LogP contribution >= 0.6 is 11.6 Å². The molecule has 33 heavy (non-hydrogen) atoms. The molecule has 0 unspecified atom stereocenters. The van der Waals surface area contributed by atoms with E-state index in [0.717, 1.165) is 18.9 Å². The van der Waals surface area contributed by atoms with Gasteiger partial charge in [0, 0.05) is 37.2 Å². The molecular formula is C23H26ClF2N3O4. The maximum Gasteiger partial charge on any atom is 0.323 e. The summed E-state index contributed by atoms with van der Waals surface area (Å²) < 4.78 is 34.4. The van der Waals surface area contributed by atoms with Crippen LogP contribution in [0.3, 0.4) is 0 Å². The van der Waals surface area contributed by atoms with Gasteiger partial charge in [0.25, 0.3) is 0 Å². The van der Waals surface area contributed by atoms with Crippen molar-refractivity contribution in [3.05, 3.63) is 52.6 Å². The van der Waals surface area contributed by atoms with E-state index < -0.39 is 23.6 Å². The van der Waals surface area contributed by atoms with E-state index in [1.807, 2.05) is 11.8 Å². The predicted octanol–water partition coefficient (Wildman–Crippen LogP) is 5.28. The maximum atomic E-state index is 14.9. The first-order valence-corrected chi connectivity index (χ1v) is 11.1. The number of hydrogen-bond donors (Lipinski definition) is 3. The van der Waals surface area contributed by atoms with E-state index in [4.69, 9.17) is 21.4 Å². The molecule has 178 valence electrons. The van der Waals surface area contributed by atoms with E-state index in [1.54, 1.807) is 0 Å². The standard InChI is InChI=1S/C23H26ClF2N3O4/c1-2-29(16-7-9-33-10-8-16)21-13-17(25)14(3-6-22(30)31)11-20(21)28-23(32)27-19-5-4-15(24)12-18(19)26/h4-5,11-13,16H,2-3,6-10H2,1H3,(H,30,31)(H2,27,28,32). The number of halogens is 3. The number of hydrogen-bond acceptors (Lipinski definition) is 4. The summed E-state index contributed by atoms with van der Waals surface area (Å²) in [7, 11) is 0. The summed E-state index contributed by atoms with van der Waals surface area (Å²) in [6.07, 6.45) is 1.21. The minimum Gasteiger partial charge on any atom is -0.481 e. The number of anilines is 3. The molecular weight excluding hydrogens is 456 g/mol. The Bertz CT molecular complexity index is 1020. The number of urea groups is 1. The van der Waals surface area contributed by atoms with Crippen molar-refractivity contribution in [3.8, 4) is 0 Å². The van der Waals surface area contributed by atoms with Crippen molar-refractivity contribution in [2.24, 2.45) is 0 Å². The number of amides is 2. The van der Waals surface area contributed by atoms with Crippen LogP contribution in [0.4, 0.5) is 30.6 Å². The molecule has 0 saturated carbocycles. The van der Waals surface area contributed by atoms with Crippen LogP contribution in [0.5, 0.6) is 0 Å². The van der Waals surface area contributed by atoms with E-state index in [1.165, 1.54) is 24.3 Å². The minimum absolute atomic E-state index is 0.0348. The van der Waals surface area contributed by atoms with Gasteiger partial charge < -0.3 is 25.4 Å². The first kappa shape index (κ1) is 24.7. The van der Waals surface area contributed by atoms with Crippen LogP contribution in [0, 0.1) is 11.6 Å². The largest absolute Gasteiger partial charge is 0.481 e. The highest BCUT2D eigenvalue weighted by Crippen LogP contribution is 2.33. The average molecular weight is 482 g/mol. The second kappa shape index (κ2) is 11.3. The number of rotatable bonds is 8. The summed E-state index contributed by atoms with van der Waals surface area (Å²) in [4.78, 5) is 25.6. The average Bonchev–Trinajstić information content (AvgIpc) is 2.77. The number of nitrogens with one attached hydrogen (secondary N) is 2. The van der Waals surface area contributed by atoms with Gasteiger partial charge in [0.2, 0.25) is 0 Å². The van der Waals surface area contributed by atoms with Crippen LogP contribution in [-0.4, -0.2) is 42.9 Å². The van der Waals surface area contributed by atoms with Crippen LogP contribution in [0.15, 0.2) is 30.3 Å². The molecule has 1 aliphatic rings. The Labute approximate surface area is 195 Å². The molecule has 0 aromatic heterocycles. The Kier molecular flexibility index (Phi) is 8.46. The summed E-state index contributed by atoms with van der Waals surface area (Å²) in [5.74, 6) is -2.30. The maximum absolute atomic E-state index is 14.9. The summed E-state index contributed by atoms with van der Waals surface area (Å²) in [5.41, 5.74) is 0.866. The van der Waals surface area contributed by atoms with Gasteiger partial charge in [0.1, 0.15) is 11.6 Å². The fraction of sp³-hybridized carbons (Fsp3) is 0.391. The molecule has 2 aromatic rings. The van der Waals surface area contributed by atoms with Crippen molar-refractivity contribution >= 4 is 40.7 Å². The quantitative estimate of drug-likeness (QED) is 0.477. The molecule has 1 fully saturated rings. The van der Waals surface area contributed by atoms with Gasteiger partial charge in [0.05, 0.1) is 17.1 Å². The van der Waals surface area contributed by atoms with E-state index in [0.29, 0.717) is 31.1 Å². The van der Waals surface area contributed by atoms with Crippen molar-refractivity contribution in [2.75, 3.05) is 35.3 Å². The molecule has 3 rings (SSSR count). The molecule has 0 atom stereocenters. The zero-order valence-electron chi connectivity index (χ0n) is 18.2. The Morgan fingerprint density at radius 3 is 2.45 bits per heavy atom. The van der Waals surface area contributed by atoms with Gasteiger partial charge in [-0.3, -0.25) is 4.79 Å². The Balaban J connectivity index is 1.91. The van der Waals surface area contributed by atoms with Gasteiger partial charge in [-0.05, 0) is 62.1 Å². The van der Waals surface area contributed by atoms with E-state index in [2.05, 4.69) is 10.6 Å². The Morgan fingerprint density at radius 1 is 1.12 bits per heavy atom. The zero-order chi connectivity index (χ0) is 24.0. The fourth-order valence-electron chi connectivity index (χ4n) is 3.87. The van der Waals surface area contributed by atoms with Crippen LogP contribution in [0.1, 0.15) is 31.7 Å². The number of benzene rings is 2. The molecule has 0 bridgehead atoms. The lowest BCUT2D eigenvalue weighted by Crippen LogP contribution is -2.40. The van der Waals surface area contributed by atoms with Gasteiger partial charge in [-0.15, -0.1) is 0 Å². The number of carboxylic acids is 1. The Hall–Kier alpha value is -2.91. The highest BCUT2D eigenvalue weighted by molar-refractivity contribution is 6.30. The van der Waals surface area contributed by atoms with Gasteiger partial charge in [-0.1, -0.05) is 11.6 Å². The lowest BCUT2D eigenvalue weighted by Gasteiger charge is -2.36. The van der Waals surface area contributed by atoms with Crippen molar-refractivity contribution in [2.45, 2.75) is 38.6 Å². The number of carboxylic acid groups (broad SMARTS) is 1. The molecule has 1 aliphatic heterocycles. The number of carbonyl (C=O) groups excluding carboxylic acids is 1. The van der Waals surface area contributed by atoms with Gasteiger partial charge in [-0.2, -0.15) is 0 Å². The van der Waals surface area contributed by atoms with Crippen LogP contribution < -0.4 is 15.5 Å². The summed E-state index contributed by atoms with van der Waals surface area (Å²) in [6.45, 7) is 3.65. The second-order valence-corrected chi connectivity index (χ2v) is 8.12. The molecule has 3 N–H and O–H groups in total. The van der Waals surface area contributed by atoms with Crippen LogP contribution in [0.25, 0.3) is 0 Å². The zero-order valence-corrected chi connectivity index (χ0v) is 18.9. The third kappa shape index (κ3) is 6.55. The first-order chi connectivity index (χ1) is 15.8. The summed E-state index contributed by atoms with van der Waals surface area (Å²) in [6, 6.07) is 5.97. The van der Waals surface area contributed by atoms with Gasteiger partial charge >= 0.3 is 12.0 Å². The summed E-state index contributed by atoms with van der Waals surface area (Å²) in [5, 5.41) is 14.3. The van der Waals surface area contributed by atoms with E-state index in [9.17, 15) is 18.4 Å². The second-order valence-electron chi connectivity index (χ2n) is 7.69. The van der Waals surface area contributed by atoms with E-state index in [-0.39, 0.29) is 35.2 Å². The number of carbonyl (C=O) groups is 2. The highest BCUT2D eigenvalue weighted by Gasteiger charge is 2.25. The topological polar surface area (TPSA) is 90.9 Å². The van der Waals surface area contributed by atoms with Gasteiger partial charge in [0.15, 0.2) is 0 Å². The Morgan fingerprint density at radius 2 is 1.82 bits per heavy atom. The smallest absolute Gasteiger partial charge is 0.323 e. The van der Waals surface area contributed by atoms with Crippen LogP contribution in [0.2, 0.25) is 5.02 Å². The molecule has 1 heterocycles. The first-order valence-electron chi connectivity index (χ1n) is 10.7. The lowest BCUT2D eigenvalue weighted by atomic mass is 10.0. The molecule has 2 aromatic carbocycles. The van der Waals surface area contributed by atoms with E-state index >= 15 is 0 Å². The fourth-order valence-corrected chi connectivity index (χ4v) is 4.03. The SMILES string of the molecule is CCN(c1cc(F)c(CCC(=O)O)cc1NC(=O)Nc1ccc(Cl)cc1F)C1CCOCC1. The molecule has 7 nitrogen and oxygen atoms in total. The van der Waals surface area contributed by atoms with Crippen molar-refractivity contribution < 1.29 is 28.2 Å². The number of aryl methyl sites for hydroxylation is 1. The number of nitrogens with zero attached hydrogens (tertiary/aromatic N) is 1. The molecule has 0 spiro atoms. The number of ether oxygens (including phenoxy) is 1. The molecule has 2 amide bonds. The third-order valence-electron chi connectivity index (χ3n) is 5.48. The lowest BCUT2D eigenvalue weighted by molar-refractivity contribution is -0.136. The molecule has 10 heteroatoms. The molecule has 1 saturated heterocycles. The third-order valence-corrected chi connectivity index (χ3v) is 5.72. The number of aliphatic carboxylic acids is 1. The highest BCUT2D eigenvalue weighted by atomic mass is 35.5. The monoisotopic (exact) mass is 481 g/mol. The van der Waals surface area contributed by atoms with Crippen LogP contribution in [-0.2, 0) is 16.0 Å². The van der Waals surface area contributed by atoms with Gasteiger partial charge in [-0.25, -0.2) is 13.6 Å². The minimum atomic E-state index is -1.05.